The van der Waals surface area contributed by atoms with Gasteiger partial charge in [0.2, 0.25) is 10.0 Å². The van der Waals surface area contributed by atoms with Crippen molar-refractivity contribution in [2.24, 2.45) is 10.6 Å². The Bertz CT molecular complexity index is 633. The minimum atomic E-state index is -3.96. The molecule has 0 aliphatic carbocycles. The Morgan fingerprint density at radius 3 is 2.33 bits per heavy atom. The Kier molecular flexibility index (Phi) is 5.01. The molecule has 118 valence electrons. The van der Waals surface area contributed by atoms with Gasteiger partial charge in [-0.15, -0.1) is 0 Å². The molecule has 0 fully saturated rings. The van der Waals surface area contributed by atoms with Gasteiger partial charge in [0.1, 0.15) is 10.6 Å². The number of amides is 1. The largest absolute Gasteiger partial charge is 0.495 e. The molecule has 21 heavy (non-hydrogen) atoms. The average molecular weight is 314 g/mol. The van der Waals surface area contributed by atoms with Gasteiger partial charge >= 0.3 is 0 Å². The predicted molar refractivity (Wildman–Crippen MR) is 80.8 cm³/mol. The van der Waals surface area contributed by atoms with Crippen LogP contribution in [-0.2, 0) is 10.0 Å². The number of nitrogens with two attached hydrogens (primary N) is 1. The molecule has 1 rings (SSSR count). The molecule has 0 unspecified atom stereocenters. The standard InChI is InChI=1S/C14H22N2O4S/c1-14(2,3)9-16(4)13(17)10-6-7-11(20-5)12(8-10)21(15,18)19/h6-8H,9H2,1-5H3,(H2,15,18,19). The van der Waals surface area contributed by atoms with E-state index in [2.05, 4.69) is 0 Å². The van der Waals surface area contributed by atoms with Crippen LogP contribution < -0.4 is 9.88 Å². The summed E-state index contributed by atoms with van der Waals surface area (Å²) in [7, 11) is -0.939. The van der Waals surface area contributed by atoms with Gasteiger partial charge in [-0.25, -0.2) is 13.6 Å². The van der Waals surface area contributed by atoms with E-state index in [0.717, 1.165) is 0 Å². The zero-order chi connectivity index (χ0) is 16.4. The van der Waals surface area contributed by atoms with E-state index < -0.39 is 10.0 Å². The fourth-order valence-electron chi connectivity index (χ4n) is 2.04. The molecular formula is C14H22N2O4S. The molecule has 7 heteroatoms. The van der Waals surface area contributed by atoms with Gasteiger partial charge in [-0.3, -0.25) is 4.79 Å². The van der Waals surface area contributed by atoms with Crippen molar-refractivity contribution in [1.82, 2.24) is 4.90 Å². The van der Waals surface area contributed by atoms with Crippen LogP contribution in [0, 0.1) is 5.41 Å². The molecule has 0 aliphatic heterocycles. The lowest BCUT2D eigenvalue weighted by atomic mass is 9.96. The third-order valence-corrected chi connectivity index (χ3v) is 3.71. The molecule has 1 aromatic rings. The van der Waals surface area contributed by atoms with Gasteiger partial charge in [0.15, 0.2) is 0 Å². The number of carbonyl (C=O) groups is 1. The van der Waals surface area contributed by atoms with E-state index in [0.29, 0.717) is 6.54 Å². The quantitative estimate of drug-likeness (QED) is 0.911. The molecule has 0 bridgehead atoms. The van der Waals surface area contributed by atoms with Crippen LogP contribution in [0.15, 0.2) is 23.1 Å². The van der Waals surface area contributed by atoms with Crippen molar-refractivity contribution in [2.45, 2.75) is 25.7 Å². The van der Waals surface area contributed by atoms with Crippen molar-refractivity contribution >= 4 is 15.9 Å². The number of ether oxygens (including phenoxy) is 1. The normalized spacial score (nSPS) is 12.1. The van der Waals surface area contributed by atoms with Crippen LogP contribution in [0.3, 0.4) is 0 Å². The fraction of sp³-hybridized carbons (Fsp3) is 0.500. The molecule has 0 saturated heterocycles. The number of carbonyl (C=O) groups excluding carboxylic acids is 1. The van der Waals surface area contributed by atoms with Crippen LogP contribution in [-0.4, -0.2) is 39.9 Å². The minimum absolute atomic E-state index is 0.0559. The van der Waals surface area contributed by atoms with Gasteiger partial charge < -0.3 is 9.64 Å². The number of hydrogen-bond donors (Lipinski definition) is 1. The summed E-state index contributed by atoms with van der Waals surface area (Å²) in [6.45, 7) is 6.59. The molecule has 0 saturated carbocycles. The summed E-state index contributed by atoms with van der Waals surface area (Å²) in [5.41, 5.74) is 0.200. The summed E-state index contributed by atoms with van der Waals surface area (Å²) < 4.78 is 28.1. The highest BCUT2D eigenvalue weighted by atomic mass is 32.2. The van der Waals surface area contributed by atoms with Gasteiger partial charge in [0.25, 0.3) is 5.91 Å². The van der Waals surface area contributed by atoms with E-state index in [1.807, 2.05) is 20.8 Å². The Morgan fingerprint density at radius 2 is 1.90 bits per heavy atom. The van der Waals surface area contributed by atoms with Gasteiger partial charge in [-0.1, -0.05) is 20.8 Å². The lowest BCUT2D eigenvalue weighted by molar-refractivity contribution is 0.0745. The van der Waals surface area contributed by atoms with Crippen molar-refractivity contribution in [3.05, 3.63) is 23.8 Å². The van der Waals surface area contributed by atoms with Gasteiger partial charge in [0, 0.05) is 19.2 Å². The SMILES string of the molecule is COc1ccc(C(=O)N(C)CC(C)(C)C)cc1S(N)(=O)=O. The highest BCUT2D eigenvalue weighted by molar-refractivity contribution is 7.89. The maximum Gasteiger partial charge on any atom is 0.253 e. The van der Waals surface area contributed by atoms with Crippen molar-refractivity contribution in [3.8, 4) is 5.75 Å². The second-order valence-electron chi connectivity index (χ2n) is 6.13. The Hall–Kier alpha value is -1.60. The van der Waals surface area contributed by atoms with Crippen LogP contribution in [0.1, 0.15) is 31.1 Å². The van der Waals surface area contributed by atoms with Crippen LogP contribution >= 0.6 is 0 Å². The maximum absolute atomic E-state index is 12.4. The van der Waals surface area contributed by atoms with Gasteiger partial charge in [-0.05, 0) is 23.6 Å². The zero-order valence-corrected chi connectivity index (χ0v) is 13.8. The first-order valence-corrected chi connectivity index (χ1v) is 7.96. The van der Waals surface area contributed by atoms with Crippen LogP contribution in [0.5, 0.6) is 5.75 Å². The molecule has 0 heterocycles. The summed E-state index contributed by atoms with van der Waals surface area (Å²) >= 11 is 0. The first-order chi connectivity index (χ1) is 9.45. The smallest absolute Gasteiger partial charge is 0.253 e. The zero-order valence-electron chi connectivity index (χ0n) is 13.0. The molecule has 0 aliphatic rings. The lowest BCUT2D eigenvalue weighted by Crippen LogP contribution is -2.34. The van der Waals surface area contributed by atoms with E-state index >= 15 is 0 Å². The number of nitrogens with zero attached hydrogens (tertiary/aromatic N) is 1. The molecular weight excluding hydrogens is 292 g/mol. The molecule has 0 spiro atoms. The van der Waals surface area contributed by atoms with Gasteiger partial charge in [-0.2, -0.15) is 0 Å². The topological polar surface area (TPSA) is 89.7 Å². The Morgan fingerprint density at radius 1 is 1.33 bits per heavy atom. The second kappa shape index (κ2) is 6.03. The molecule has 0 aromatic heterocycles. The van der Waals surface area contributed by atoms with Crippen LogP contribution in [0.4, 0.5) is 0 Å². The number of primary sulfonamides is 1. The molecule has 6 nitrogen and oxygen atoms in total. The first kappa shape index (κ1) is 17.5. The third-order valence-electron chi connectivity index (χ3n) is 2.78. The molecule has 0 radical (unpaired) electrons. The lowest BCUT2D eigenvalue weighted by Gasteiger charge is -2.26. The summed E-state index contributed by atoms with van der Waals surface area (Å²) in [5, 5.41) is 5.15. The average Bonchev–Trinajstić information content (AvgIpc) is 2.34. The summed E-state index contributed by atoms with van der Waals surface area (Å²) in [4.78, 5) is 13.7. The summed E-state index contributed by atoms with van der Waals surface area (Å²) in [5.74, 6) is -0.148. The summed E-state index contributed by atoms with van der Waals surface area (Å²) in [6, 6.07) is 4.20. The van der Waals surface area contributed by atoms with E-state index in [1.165, 1.54) is 25.3 Å². The maximum atomic E-state index is 12.4. The third kappa shape index (κ3) is 4.71. The van der Waals surface area contributed by atoms with E-state index in [1.54, 1.807) is 11.9 Å². The number of hydrogen-bond acceptors (Lipinski definition) is 4. The molecule has 1 amide bonds. The van der Waals surface area contributed by atoms with Crippen LogP contribution in [0.2, 0.25) is 0 Å². The number of rotatable bonds is 4. The Labute approximate surface area is 125 Å². The number of sulfonamides is 1. The van der Waals surface area contributed by atoms with Crippen molar-refractivity contribution in [3.63, 3.8) is 0 Å². The fourth-order valence-corrected chi connectivity index (χ4v) is 2.76. The van der Waals surface area contributed by atoms with Crippen molar-refractivity contribution in [2.75, 3.05) is 20.7 Å². The molecule has 1 aromatic carbocycles. The first-order valence-electron chi connectivity index (χ1n) is 6.42. The Balaban J connectivity index is 3.18. The van der Waals surface area contributed by atoms with Crippen molar-refractivity contribution in [1.29, 1.82) is 0 Å². The number of benzene rings is 1. The van der Waals surface area contributed by atoms with E-state index in [4.69, 9.17) is 9.88 Å². The minimum Gasteiger partial charge on any atom is -0.495 e. The highest BCUT2D eigenvalue weighted by Gasteiger charge is 2.22. The van der Waals surface area contributed by atoms with Gasteiger partial charge in [0.05, 0.1) is 7.11 Å². The molecule has 0 atom stereocenters. The second-order valence-corrected chi connectivity index (χ2v) is 7.66. The van der Waals surface area contributed by atoms with Crippen molar-refractivity contribution < 1.29 is 17.9 Å². The van der Waals surface area contributed by atoms with E-state index in [-0.39, 0.29) is 27.5 Å². The monoisotopic (exact) mass is 314 g/mol. The number of methoxy groups -OCH3 is 1. The summed E-state index contributed by atoms with van der Waals surface area (Å²) in [6.07, 6.45) is 0. The highest BCUT2D eigenvalue weighted by Crippen LogP contribution is 2.25. The molecule has 2 N–H and O–H groups in total. The van der Waals surface area contributed by atoms with E-state index in [9.17, 15) is 13.2 Å². The van der Waals surface area contributed by atoms with Crippen LogP contribution in [0.25, 0.3) is 0 Å². The predicted octanol–water partition coefficient (Wildman–Crippen LogP) is 1.46.